The van der Waals surface area contributed by atoms with Gasteiger partial charge in [0, 0.05) is 16.0 Å². The maximum absolute atomic E-state index is 14.6. The number of aromatic nitrogens is 4. The second-order valence-corrected chi connectivity index (χ2v) is 21.8. The molecule has 0 bridgehead atoms. The van der Waals surface area contributed by atoms with Crippen LogP contribution in [0.1, 0.15) is 11.4 Å². The molecule has 0 amide bonds. The summed E-state index contributed by atoms with van der Waals surface area (Å²) in [5.74, 6) is -3.91. The van der Waals surface area contributed by atoms with E-state index in [0.29, 0.717) is 11.4 Å². The minimum atomic E-state index is -2.27. The molecule has 0 aromatic carbocycles. The zero-order chi connectivity index (χ0) is 27.2. The minimum Gasteiger partial charge on any atom is -0.301 e. The molecule has 0 spiro atoms. The van der Waals surface area contributed by atoms with E-state index in [1.807, 2.05) is 12.1 Å². The fraction of sp³-hybridized carbons (Fsp3) is 0.259. The maximum atomic E-state index is 14.6. The SMILES string of the molecule is C[Si](C)(C)C(c1cccc(-c2[c-]cc(F)nc2F)n1)(c1cccc(-c2[c-]cc(F)nc2F)n1)[Si](C)(C)C.[Pt+2]. The first-order valence-corrected chi connectivity index (χ1v) is 18.7. The molecule has 4 aromatic rings. The number of pyridine rings is 4. The first-order valence-electron chi connectivity index (χ1n) is 11.7. The Labute approximate surface area is 236 Å². The van der Waals surface area contributed by atoms with Gasteiger partial charge in [-0.15, -0.1) is 12.1 Å². The Morgan fingerprint density at radius 1 is 0.605 bits per heavy atom. The Morgan fingerprint density at radius 2 is 0.974 bits per heavy atom. The molecule has 0 saturated carbocycles. The van der Waals surface area contributed by atoms with E-state index in [4.69, 9.17) is 9.97 Å². The predicted molar refractivity (Wildman–Crippen MR) is 140 cm³/mol. The van der Waals surface area contributed by atoms with E-state index in [0.717, 1.165) is 12.1 Å². The third-order valence-electron chi connectivity index (χ3n) is 6.52. The van der Waals surface area contributed by atoms with Crippen molar-refractivity contribution in [3.05, 3.63) is 95.8 Å². The summed E-state index contributed by atoms with van der Waals surface area (Å²) in [6, 6.07) is 17.8. The summed E-state index contributed by atoms with van der Waals surface area (Å²) in [6.07, 6.45) is 0. The molecule has 200 valence electrons. The van der Waals surface area contributed by atoms with Gasteiger partial charge in [0.2, 0.25) is 0 Å². The van der Waals surface area contributed by atoms with E-state index in [2.05, 4.69) is 61.4 Å². The predicted octanol–water partition coefficient (Wildman–Crippen LogP) is 6.80. The molecule has 4 aromatic heterocycles. The molecule has 4 heterocycles. The Balaban J connectivity index is 0.00000400. The van der Waals surface area contributed by atoms with E-state index in [-0.39, 0.29) is 43.6 Å². The van der Waals surface area contributed by atoms with Crippen LogP contribution in [0.5, 0.6) is 0 Å². The van der Waals surface area contributed by atoms with Crippen molar-refractivity contribution in [1.29, 1.82) is 0 Å². The topological polar surface area (TPSA) is 51.6 Å². The monoisotopic (exact) mass is 733 g/mol. The summed E-state index contributed by atoms with van der Waals surface area (Å²) in [4.78, 5) is 16.4. The number of rotatable bonds is 6. The van der Waals surface area contributed by atoms with Gasteiger partial charge in [-0.1, -0.05) is 86.8 Å². The van der Waals surface area contributed by atoms with Crippen LogP contribution in [0.15, 0.2) is 48.5 Å². The molecular weight excluding hydrogens is 708 g/mol. The van der Waals surface area contributed by atoms with Crippen LogP contribution in [0.3, 0.4) is 0 Å². The Bertz CT molecular complexity index is 1360. The molecule has 0 aliphatic rings. The van der Waals surface area contributed by atoms with Crippen molar-refractivity contribution in [2.45, 2.75) is 43.9 Å². The van der Waals surface area contributed by atoms with Crippen LogP contribution < -0.4 is 0 Å². The average Bonchev–Trinajstić information content (AvgIpc) is 2.78. The first kappa shape index (κ1) is 30.0. The van der Waals surface area contributed by atoms with Gasteiger partial charge in [-0.2, -0.15) is 0 Å². The van der Waals surface area contributed by atoms with E-state index in [9.17, 15) is 17.6 Å². The first-order chi connectivity index (χ1) is 17.3. The van der Waals surface area contributed by atoms with Gasteiger partial charge in [0.25, 0.3) is 0 Å². The van der Waals surface area contributed by atoms with Crippen molar-refractivity contribution in [3.63, 3.8) is 0 Å². The van der Waals surface area contributed by atoms with Crippen LogP contribution in [-0.2, 0) is 25.7 Å². The largest absolute Gasteiger partial charge is 2.00 e. The summed E-state index contributed by atoms with van der Waals surface area (Å²) in [6.45, 7) is 13.3. The van der Waals surface area contributed by atoms with Crippen LogP contribution in [-0.4, -0.2) is 36.1 Å². The third kappa shape index (κ3) is 5.31. The second kappa shape index (κ2) is 10.9. The van der Waals surface area contributed by atoms with Gasteiger partial charge in [0.05, 0.1) is 16.1 Å². The van der Waals surface area contributed by atoms with Crippen molar-refractivity contribution in [2.24, 2.45) is 0 Å². The Hall–Kier alpha value is -2.56. The number of halogens is 4. The van der Waals surface area contributed by atoms with E-state index >= 15 is 0 Å². The van der Waals surface area contributed by atoms with Gasteiger partial charge in [0.1, 0.15) is 23.8 Å². The molecule has 0 atom stereocenters. The maximum Gasteiger partial charge on any atom is 2.00 e. The molecule has 11 heteroatoms. The van der Waals surface area contributed by atoms with Crippen LogP contribution in [0, 0.1) is 35.9 Å². The molecule has 4 rings (SSSR count). The summed E-state index contributed by atoms with van der Waals surface area (Å²) >= 11 is 0. The van der Waals surface area contributed by atoms with Gasteiger partial charge >= 0.3 is 21.1 Å². The van der Waals surface area contributed by atoms with Crippen molar-refractivity contribution in [3.8, 4) is 22.5 Å². The molecule has 0 radical (unpaired) electrons. The number of hydrogen-bond donors (Lipinski definition) is 0. The molecule has 38 heavy (non-hydrogen) atoms. The zero-order valence-electron chi connectivity index (χ0n) is 21.7. The normalized spacial score (nSPS) is 12.3. The molecule has 0 saturated heterocycles. The van der Waals surface area contributed by atoms with Gasteiger partial charge in [-0.3, -0.25) is 9.97 Å². The molecule has 0 aliphatic carbocycles. The molecule has 4 nitrogen and oxygen atoms in total. The number of hydrogen-bond acceptors (Lipinski definition) is 4. The van der Waals surface area contributed by atoms with Crippen LogP contribution >= 0.6 is 0 Å². The summed E-state index contributed by atoms with van der Waals surface area (Å²) in [5, 5.41) is 0. The van der Waals surface area contributed by atoms with E-state index in [1.165, 1.54) is 0 Å². The molecular formula is C27H26F4N4PtSi2. The summed E-state index contributed by atoms with van der Waals surface area (Å²) in [7, 11) is -4.54. The van der Waals surface area contributed by atoms with Gasteiger partial charge in [-0.05, 0) is 23.5 Å². The smallest absolute Gasteiger partial charge is 0.301 e. The standard InChI is InChI=1S/C27H26F4N4Si2.Pt/c1-36(2,3)27(37(4,5)6,21-11-7-9-19(32-21)17-13-15-23(28)34-25(17)30)22-12-8-10-20(33-22)18-14-16-24(29)35-26(18)31;/h7-12,15-16H,1-6H3;/q-2;+2. The van der Waals surface area contributed by atoms with E-state index < -0.39 is 44.6 Å². The third-order valence-corrected chi connectivity index (χ3v) is 16.5. The quantitative estimate of drug-likeness (QED) is 0.0949. The van der Waals surface area contributed by atoms with Crippen LogP contribution in [0.4, 0.5) is 17.6 Å². The van der Waals surface area contributed by atoms with Gasteiger partial charge in [0.15, 0.2) is 0 Å². The van der Waals surface area contributed by atoms with Crippen molar-refractivity contribution in [1.82, 2.24) is 19.9 Å². The van der Waals surface area contributed by atoms with Crippen LogP contribution in [0.2, 0.25) is 39.3 Å². The van der Waals surface area contributed by atoms with Crippen molar-refractivity contribution in [2.75, 3.05) is 0 Å². The number of nitrogens with zero attached hydrogens (tertiary/aromatic N) is 4. The minimum absolute atomic E-state index is 0. The second-order valence-electron chi connectivity index (χ2n) is 10.8. The Morgan fingerprint density at radius 3 is 1.29 bits per heavy atom. The van der Waals surface area contributed by atoms with Crippen LogP contribution in [0.25, 0.3) is 22.5 Å². The fourth-order valence-corrected chi connectivity index (χ4v) is 18.1. The van der Waals surface area contributed by atoms with E-state index in [1.54, 1.807) is 24.3 Å². The average molecular weight is 734 g/mol. The van der Waals surface area contributed by atoms with Gasteiger partial charge in [-0.25, -0.2) is 17.6 Å². The fourth-order valence-electron chi connectivity index (χ4n) is 5.46. The molecule has 0 N–H and O–H groups in total. The molecule has 0 unspecified atom stereocenters. The molecule has 0 aliphatic heterocycles. The Kier molecular flexibility index (Phi) is 8.60. The zero-order valence-corrected chi connectivity index (χ0v) is 26.0. The molecule has 0 fully saturated rings. The summed E-state index contributed by atoms with van der Waals surface area (Å²) in [5.41, 5.74) is 1.90. The van der Waals surface area contributed by atoms with Crippen molar-refractivity contribution >= 4 is 16.1 Å². The van der Waals surface area contributed by atoms with Gasteiger partial charge < -0.3 is 9.97 Å². The van der Waals surface area contributed by atoms with Crippen molar-refractivity contribution < 1.29 is 38.6 Å². The summed E-state index contributed by atoms with van der Waals surface area (Å²) < 4.78 is 55.4.